The maximum Gasteiger partial charge on any atom is 0.156 e. The lowest BCUT2D eigenvalue weighted by atomic mass is 10.3. The SMILES string of the molecule is CCC(C)ONC=CCCCOc1c(Cl)cc(OCC=C(Cl)Cl)cc1Cl. The predicted octanol–water partition coefficient (Wildman–Crippen LogP) is 6.68. The van der Waals surface area contributed by atoms with Crippen LogP contribution in [0.25, 0.3) is 0 Å². The Morgan fingerprint density at radius 1 is 1.19 bits per heavy atom. The average molecular weight is 443 g/mol. The van der Waals surface area contributed by atoms with Gasteiger partial charge in [-0.3, -0.25) is 10.3 Å². The molecule has 1 unspecified atom stereocenters. The van der Waals surface area contributed by atoms with Crippen LogP contribution in [0.2, 0.25) is 10.0 Å². The molecule has 0 radical (unpaired) electrons. The Balaban J connectivity index is 2.36. The van der Waals surface area contributed by atoms with Gasteiger partial charge in [-0.1, -0.05) is 59.4 Å². The Bertz CT molecular complexity index is 581. The van der Waals surface area contributed by atoms with E-state index in [4.69, 9.17) is 60.7 Å². The van der Waals surface area contributed by atoms with Crippen LogP contribution >= 0.6 is 46.4 Å². The quantitative estimate of drug-likeness (QED) is 0.289. The van der Waals surface area contributed by atoms with Crippen LogP contribution in [0.4, 0.5) is 0 Å². The molecule has 1 aromatic rings. The van der Waals surface area contributed by atoms with Gasteiger partial charge < -0.3 is 9.47 Å². The van der Waals surface area contributed by atoms with Crippen molar-refractivity contribution < 1.29 is 14.3 Å². The van der Waals surface area contributed by atoms with Crippen LogP contribution < -0.4 is 15.0 Å². The number of hydrogen-bond donors (Lipinski definition) is 1. The molecule has 146 valence electrons. The molecule has 0 saturated heterocycles. The molecule has 1 atom stereocenters. The highest BCUT2D eigenvalue weighted by molar-refractivity contribution is 6.55. The lowest BCUT2D eigenvalue weighted by Crippen LogP contribution is -2.15. The molecule has 1 aromatic carbocycles. The smallest absolute Gasteiger partial charge is 0.156 e. The molecule has 1 N–H and O–H groups in total. The standard InChI is InChI=1S/C18H23Cl4NO3/c1-3-13(2)26-23-8-5-4-6-9-25-18-15(19)11-14(12-16(18)20)24-10-7-17(21)22/h5,7-8,11-13,23H,3-4,6,9-10H2,1-2H3. The van der Waals surface area contributed by atoms with Gasteiger partial charge in [-0.05, 0) is 32.3 Å². The zero-order valence-corrected chi connectivity index (χ0v) is 17.8. The normalized spacial score (nSPS) is 12.1. The molecular weight excluding hydrogens is 420 g/mol. The van der Waals surface area contributed by atoms with Crippen molar-refractivity contribution in [2.45, 2.75) is 39.2 Å². The summed E-state index contributed by atoms with van der Waals surface area (Å²) in [6.07, 6.45) is 8.05. The minimum atomic E-state index is 0.137. The lowest BCUT2D eigenvalue weighted by molar-refractivity contribution is 0.00811. The highest BCUT2D eigenvalue weighted by Gasteiger charge is 2.10. The minimum Gasteiger partial charge on any atom is -0.490 e. The van der Waals surface area contributed by atoms with E-state index in [0.717, 1.165) is 19.3 Å². The molecule has 0 aliphatic rings. The first kappa shape index (κ1) is 23.3. The zero-order valence-electron chi connectivity index (χ0n) is 14.7. The molecule has 1 rings (SSSR count). The second-order valence-electron chi connectivity index (χ2n) is 5.37. The molecule has 0 aliphatic heterocycles. The fourth-order valence-corrected chi connectivity index (χ4v) is 2.41. The van der Waals surface area contributed by atoms with Gasteiger partial charge in [0.2, 0.25) is 0 Å². The van der Waals surface area contributed by atoms with Gasteiger partial charge in [0.05, 0.1) is 22.8 Å². The minimum absolute atomic E-state index is 0.137. The number of rotatable bonds is 12. The van der Waals surface area contributed by atoms with Crippen molar-refractivity contribution in [3.63, 3.8) is 0 Å². The van der Waals surface area contributed by atoms with Crippen LogP contribution in [0, 0.1) is 0 Å². The molecule has 0 fully saturated rings. The molecule has 0 saturated carbocycles. The van der Waals surface area contributed by atoms with E-state index in [0.29, 0.717) is 28.2 Å². The first-order valence-electron chi connectivity index (χ1n) is 8.26. The van der Waals surface area contributed by atoms with Crippen LogP contribution in [-0.4, -0.2) is 19.3 Å². The number of hydrogen-bond acceptors (Lipinski definition) is 4. The highest BCUT2D eigenvalue weighted by atomic mass is 35.5. The third-order valence-corrected chi connectivity index (χ3v) is 4.12. The molecule has 0 amide bonds. The summed E-state index contributed by atoms with van der Waals surface area (Å²) < 4.78 is 11.2. The van der Waals surface area contributed by atoms with Gasteiger partial charge in [-0.25, -0.2) is 0 Å². The van der Waals surface area contributed by atoms with E-state index in [-0.39, 0.29) is 17.2 Å². The van der Waals surface area contributed by atoms with Crippen LogP contribution in [-0.2, 0) is 4.84 Å². The van der Waals surface area contributed by atoms with Crippen molar-refractivity contribution in [2.75, 3.05) is 13.2 Å². The summed E-state index contributed by atoms with van der Waals surface area (Å²) in [6.45, 7) is 4.77. The Hall–Kier alpha value is -0.780. The number of unbranched alkanes of at least 4 members (excludes halogenated alkanes) is 1. The Kier molecular flexibility index (Phi) is 12.0. The van der Waals surface area contributed by atoms with Gasteiger partial charge >= 0.3 is 0 Å². The monoisotopic (exact) mass is 441 g/mol. The second-order valence-corrected chi connectivity index (χ2v) is 7.19. The van der Waals surface area contributed by atoms with Crippen molar-refractivity contribution in [3.05, 3.63) is 45.0 Å². The molecule has 8 heteroatoms. The summed E-state index contributed by atoms with van der Waals surface area (Å²) in [5.41, 5.74) is 2.79. The molecule has 0 aliphatic carbocycles. The van der Waals surface area contributed by atoms with Crippen LogP contribution in [0.15, 0.2) is 35.0 Å². The first-order chi connectivity index (χ1) is 12.4. The molecule has 0 aromatic heterocycles. The third kappa shape index (κ3) is 9.79. The van der Waals surface area contributed by atoms with E-state index in [1.165, 1.54) is 6.08 Å². The number of benzene rings is 1. The van der Waals surface area contributed by atoms with E-state index in [9.17, 15) is 0 Å². The Labute approximate surface area is 174 Å². The van der Waals surface area contributed by atoms with Gasteiger partial charge in [-0.2, -0.15) is 0 Å². The molecule has 0 bridgehead atoms. The van der Waals surface area contributed by atoms with E-state index in [1.807, 2.05) is 13.0 Å². The molecule has 26 heavy (non-hydrogen) atoms. The average Bonchev–Trinajstić information content (AvgIpc) is 2.58. The molecule has 4 nitrogen and oxygen atoms in total. The summed E-state index contributed by atoms with van der Waals surface area (Å²) in [5.74, 6) is 0.947. The maximum atomic E-state index is 6.20. The third-order valence-electron chi connectivity index (χ3n) is 3.25. The van der Waals surface area contributed by atoms with Crippen molar-refractivity contribution >= 4 is 46.4 Å². The number of halogens is 4. The van der Waals surface area contributed by atoms with Gasteiger partial charge in [0.15, 0.2) is 5.75 Å². The first-order valence-corrected chi connectivity index (χ1v) is 9.77. The van der Waals surface area contributed by atoms with Gasteiger partial charge in [-0.15, -0.1) is 0 Å². The summed E-state index contributed by atoms with van der Waals surface area (Å²) in [6, 6.07) is 3.27. The highest BCUT2D eigenvalue weighted by Crippen LogP contribution is 2.37. The summed E-state index contributed by atoms with van der Waals surface area (Å²) in [7, 11) is 0. The summed E-state index contributed by atoms with van der Waals surface area (Å²) in [4.78, 5) is 5.32. The van der Waals surface area contributed by atoms with Crippen LogP contribution in [0.1, 0.15) is 33.1 Å². The van der Waals surface area contributed by atoms with Crippen molar-refractivity contribution in [2.24, 2.45) is 0 Å². The van der Waals surface area contributed by atoms with E-state index < -0.39 is 0 Å². The lowest BCUT2D eigenvalue weighted by Gasteiger charge is -2.12. The van der Waals surface area contributed by atoms with Gasteiger partial charge in [0.1, 0.15) is 16.8 Å². The van der Waals surface area contributed by atoms with E-state index in [2.05, 4.69) is 12.4 Å². The van der Waals surface area contributed by atoms with Crippen molar-refractivity contribution in [3.8, 4) is 11.5 Å². The number of allylic oxidation sites excluding steroid dienone is 1. The number of ether oxygens (including phenoxy) is 2. The molecule has 0 heterocycles. The van der Waals surface area contributed by atoms with Gasteiger partial charge in [0.25, 0.3) is 0 Å². The Morgan fingerprint density at radius 3 is 2.50 bits per heavy atom. The predicted molar refractivity (Wildman–Crippen MR) is 110 cm³/mol. The second kappa shape index (κ2) is 13.4. The van der Waals surface area contributed by atoms with Crippen molar-refractivity contribution in [1.82, 2.24) is 5.48 Å². The number of hydroxylamine groups is 1. The summed E-state index contributed by atoms with van der Waals surface area (Å²) in [5, 5.41) is 0.764. The molecule has 0 spiro atoms. The fourth-order valence-electron chi connectivity index (χ4n) is 1.70. The molecular formula is C18H23Cl4NO3. The van der Waals surface area contributed by atoms with Crippen LogP contribution in [0.5, 0.6) is 11.5 Å². The topological polar surface area (TPSA) is 39.7 Å². The van der Waals surface area contributed by atoms with Crippen molar-refractivity contribution in [1.29, 1.82) is 0 Å². The maximum absolute atomic E-state index is 6.20. The van der Waals surface area contributed by atoms with Gasteiger partial charge in [0, 0.05) is 18.3 Å². The van der Waals surface area contributed by atoms with Crippen LogP contribution in [0.3, 0.4) is 0 Å². The number of nitrogens with one attached hydrogen (secondary N) is 1. The largest absolute Gasteiger partial charge is 0.490 e. The fraction of sp³-hybridized carbons (Fsp3) is 0.444. The Morgan fingerprint density at radius 2 is 1.88 bits per heavy atom. The van der Waals surface area contributed by atoms with E-state index >= 15 is 0 Å². The van der Waals surface area contributed by atoms with E-state index in [1.54, 1.807) is 18.3 Å². The zero-order chi connectivity index (χ0) is 19.4. The summed E-state index contributed by atoms with van der Waals surface area (Å²) >= 11 is 23.5.